The zero-order valence-corrected chi connectivity index (χ0v) is 17.9. The van der Waals surface area contributed by atoms with Gasteiger partial charge in [-0.1, -0.05) is 30.3 Å². The van der Waals surface area contributed by atoms with Crippen LogP contribution in [0.1, 0.15) is 24.8 Å². The number of aliphatic imine (C=N–C) groups is 1. The molecule has 1 saturated carbocycles. The predicted octanol–water partition coefficient (Wildman–Crippen LogP) is 2.76. The van der Waals surface area contributed by atoms with E-state index in [0.29, 0.717) is 31.5 Å². The quantitative estimate of drug-likeness (QED) is 0.416. The Bertz CT molecular complexity index is 603. The van der Waals surface area contributed by atoms with Crippen LogP contribution in [0.3, 0.4) is 0 Å². The Morgan fingerprint density at radius 3 is 2.46 bits per heavy atom. The molecule has 0 aromatic heterocycles. The summed E-state index contributed by atoms with van der Waals surface area (Å²) in [5.74, 6) is 2.29. The Hall–Kier alpha value is -1.51. The molecule has 0 spiro atoms. The Morgan fingerprint density at radius 2 is 1.85 bits per heavy atom. The number of ether oxygens (including phenoxy) is 1. The molecule has 1 aliphatic carbocycles. The van der Waals surface area contributed by atoms with Gasteiger partial charge in [-0.15, -0.1) is 24.0 Å². The van der Waals surface area contributed by atoms with Crippen molar-refractivity contribution in [3.8, 4) is 0 Å². The van der Waals surface area contributed by atoms with E-state index < -0.39 is 0 Å². The first kappa shape index (κ1) is 20.8. The summed E-state index contributed by atoms with van der Waals surface area (Å²) < 4.78 is 5.07. The molecule has 1 N–H and O–H groups in total. The molecule has 1 aliphatic heterocycles. The molecular formula is C19H29IN4O2. The number of hydrogen-bond acceptors (Lipinski definition) is 3. The molecule has 7 heteroatoms. The van der Waals surface area contributed by atoms with Crippen molar-refractivity contribution in [3.63, 3.8) is 0 Å². The second-order valence-corrected chi connectivity index (χ2v) is 6.61. The monoisotopic (exact) mass is 472 g/mol. The van der Waals surface area contributed by atoms with Crippen molar-refractivity contribution in [3.05, 3.63) is 35.9 Å². The molecule has 1 amide bonds. The van der Waals surface area contributed by atoms with E-state index in [-0.39, 0.29) is 30.1 Å². The van der Waals surface area contributed by atoms with Crippen LogP contribution < -0.4 is 5.32 Å². The van der Waals surface area contributed by atoms with Gasteiger partial charge in [0, 0.05) is 39.8 Å². The third-order valence-electron chi connectivity index (χ3n) is 4.99. The number of hydrogen-bond donors (Lipinski definition) is 1. The second kappa shape index (κ2) is 9.99. The van der Waals surface area contributed by atoms with E-state index >= 15 is 0 Å². The lowest BCUT2D eigenvalue weighted by atomic mass is 10.1. The molecule has 1 saturated heterocycles. The molecule has 0 radical (unpaired) electrons. The summed E-state index contributed by atoms with van der Waals surface area (Å²) in [7, 11) is 1.82. The molecule has 0 bridgehead atoms. The van der Waals surface area contributed by atoms with Gasteiger partial charge in [0.05, 0.1) is 6.61 Å². The van der Waals surface area contributed by atoms with Gasteiger partial charge in [-0.05, 0) is 30.7 Å². The summed E-state index contributed by atoms with van der Waals surface area (Å²) in [5, 5.41) is 3.51. The summed E-state index contributed by atoms with van der Waals surface area (Å²) in [5.41, 5.74) is 1.44. The molecule has 2 fully saturated rings. The van der Waals surface area contributed by atoms with E-state index in [9.17, 15) is 4.79 Å². The lowest BCUT2D eigenvalue weighted by Crippen LogP contribution is -2.54. The zero-order valence-electron chi connectivity index (χ0n) is 15.6. The molecule has 1 aromatic rings. The number of benzene rings is 1. The highest BCUT2D eigenvalue weighted by molar-refractivity contribution is 14.0. The number of carbonyl (C=O) groups excluding carboxylic acids is 1. The van der Waals surface area contributed by atoms with Crippen molar-refractivity contribution in [2.45, 2.75) is 19.3 Å². The van der Waals surface area contributed by atoms with Crippen LogP contribution >= 0.6 is 24.0 Å². The first-order valence-corrected chi connectivity index (χ1v) is 9.15. The average Bonchev–Trinajstić information content (AvgIpc) is 3.43. The van der Waals surface area contributed by atoms with E-state index in [1.54, 1.807) is 4.90 Å². The highest BCUT2D eigenvalue weighted by Gasteiger charge is 2.38. The van der Waals surface area contributed by atoms with Gasteiger partial charge in [-0.3, -0.25) is 4.99 Å². The smallest absolute Gasteiger partial charge is 0.409 e. The van der Waals surface area contributed by atoms with Crippen LogP contribution in [0, 0.1) is 5.92 Å². The first-order valence-electron chi connectivity index (χ1n) is 9.15. The summed E-state index contributed by atoms with van der Waals surface area (Å²) in [6.07, 6.45) is 1.03. The molecule has 3 rings (SSSR count). The van der Waals surface area contributed by atoms with Crippen LogP contribution in [-0.4, -0.2) is 68.2 Å². The minimum Gasteiger partial charge on any atom is -0.450 e. The number of amides is 1. The van der Waals surface area contributed by atoms with E-state index in [0.717, 1.165) is 25.6 Å². The van der Waals surface area contributed by atoms with Crippen molar-refractivity contribution in [2.75, 3.05) is 46.4 Å². The van der Waals surface area contributed by atoms with Crippen LogP contribution in [0.4, 0.5) is 4.79 Å². The topological polar surface area (TPSA) is 57.2 Å². The van der Waals surface area contributed by atoms with Gasteiger partial charge in [0.15, 0.2) is 5.96 Å². The number of rotatable bonds is 4. The molecule has 26 heavy (non-hydrogen) atoms. The van der Waals surface area contributed by atoms with Gasteiger partial charge in [0.25, 0.3) is 0 Å². The molecule has 144 valence electrons. The number of piperazine rings is 1. The molecule has 1 aromatic carbocycles. The number of nitrogens with one attached hydrogen (secondary N) is 1. The van der Waals surface area contributed by atoms with Crippen molar-refractivity contribution < 1.29 is 9.53 Å². The fourth-order valence-electron chi connectivity index (χ4n) is 3.45. The fourth-order valence-corrected chi connectivity index (χ4v) is 3.45. The first-order chi connectivity index (χ1) is 12.2. The average molecular weight is 472 g/mol. The maximum Gasteiger partial charge on any atom is 0.409 e. The van der Waals surface area contributed by atoms with Gasteiger partial charge in [0.2, 0.25) is 0 Å². The number of guanidine groups is 1. The second-order valence-electron chi connectivity index (χ2n) is 6.61. The third kappa shape index (κ3) is 5.25. The van der Waals surface area contributed by atoms with Gasteiger partial charge in [-0.2, -0.15) is 0 Å². The van der Waals surface area contributed by atoms with Crippen LogP contribution in [0.2, 0.25) is 0 Å². The molecule has 2 aliphatic rings. The minimum absolute atomic E-state index is 0. The van der Waals surface area contributed by atoms with Crippen LogP contribution in [-0.2, 0) is 4.74 Å². The Kier molecular flexibility index (Phi) is 7.99. The van der Waals surface area contributed by atoms with Crippen LogP contribution in [0.15, 0.2) is 35.3 Å². The highest BCUT2D eigenvalue weighted by atomic mass is 127. The fraction of sp³-hybridized carbons (Fsp3) is 0.579. The van der Waals surface area contributed by atoms with Crippen LogP contribution in [0.5, 0.6) is 0 Å². The standard InChI is InChI=1S/C19H28N4O2.HI/c1-3-25-19(24)23-11-9-22(10-12-23)18(20-2)21-14-16-13-17(16)15-7-5-4-6-8-15;/h4-8,16-17H,3,9-14H2,1-2H3,(H,20,21);1H. The van der Waals surface area contributed by atoms with Crippen LogP contribution in [0.25, 0.3) is 0 Å². The summed E-state index contributed by atoms with van der Waals surface area (Å²) in [6, 6.07) is 10.7. The van der Waals surface area contributed by atoms with E-state index in [1.165, 1.54) is 12.0 Å². The highest BCUT2D eigenvalue weighted by Crippen LogP contribution is 2.46. The molecule has 2 unspecified atom stereocenters. The zero-order chi connectivity index (χ0) is 17.6. The van der Waals surface area contributed by atoms with E-state index in [4.69, 9.17) is 4.74 Å². The Balaban J connectivity index is 0.00000243. The minimum atomic E-state index is -0.214. The molecular weight excluding hydrogens is 443 g/mol. The number of nitrogens with zero attached hydrogens (tertiary/aromatic N) is 3. The Morgan fingerprint density at radius 1 is 1.19 bits per heavy atom. The van der Waals surface area contributed by atoms with E-state index in [2.05, 4.69) is 45.5 Å². The summed E-state index contributed by atoms with van der Waals surface area (Å²) in [6.45, 7) is 6.12. The molecule has 1 heterocycles. The van der Waals surface area contributed by atoms with Gasteiger partial charge < -0.3 is 19.9 Å². The van der Waals surface area contributed by atoms with E-state index in [1.807, 2.05) is 14.0 Å². The van der Waals surface area contributed by atoms with Crippen molar-refractivity contribution in [2.24, 2.45) is 10.9 Å². The summed E-state index contributed by atoms with van der Waals surface area (Å²) in [4.78, 5) is 20.2. The third-order valence-corrected chi connectivity index (χ3v) is 4.99. The van der Waals surface area contributed by atoms with Gasteiger partial charge in [0.1, 0.15) is 0 Å². The lowest BCUT2D eigenvalue weighted by Gasteiger charge is -2.35. The SMILES string of the molecule is CCOC(=O)N1CCN(C(=NC)NCC2CC2c2ccccc2)CC1.I. The largest absolute Gasteiger partial charge is 0.450 e. The maximum atomic E-state index is 11.8. The predicted molar refractivity (Wildman–Crippen MR) is 114 cm³/mol. The Labute approximate surface area is 173 Å². The lowest BCUT2D eigenvalue weighted by molar-refractivity contribution is 0.0914. The molecule has 2 atom stereocenters. The van der Waals surface area contributed by atoms with Crippen molar-refractivity contribution >= 4 is 36.0 Å². The van der Waals surface area contributed by atoms with Gasteiger partial charge >= 0.3 is 6.09 Å². The molecule has 6 nitrogen and oxygen atoms in total. The number of halogens is 1. The van der Waals surface area contributed by atoms with Crippen molar-refractivity contribution in [1.29, 1.82) is 0 Å². The maximum absolute atomic E-state index is 11.8. The normalized spacial score (nSPS) is 22.5. The summed E-state index contributed by atoms with van der Waals surface area (Å²) >= 11 is 0. The van der Waals surface area contributed by atoms with Crippen molar-refractivity contribution in [1.82, 2.24) is 15.1 Å². The van der Waals surface area contributed by atoms with Gasteiger partial charge in [-0.25, -0.2) is 4.79 Å². The number of carbonyl (C=O) groups is 1.